The molecule has 1 aliphatic rings. The number of amides is 1. The van der Waals surface area contributed by atoms with E-state index in [0.29, 0.717) is 43.5 Å². The Bertz CT molecular complexity index is 1370. The number of rotatable bonds is 8. The molecular formula is C25H25N7O3S. The molecule has 1 amide bonds. The Morgan fingerprint density at radius 1 is 1.17 bits per heavy atom. The highest BCUT2D eigenvalue weighted by atomic mass is 32.1. The van der Waals surface area contributed by atoms with Crippen molar-refractivity contribution in [2.75, 3.05) is 42.3 Å². The number of morpholine rings is 1. The molecule has 0 bridgehead atoms. The van der Waals surface area contributed by atoms with Crippen molar-refractivity contribution in [1.29, 1.82) is 0 Å². The van der Waals surface area contributed by atoms with Crippen LogP contribution < -0.4 is 16.0 Å². The van der Waals surface area contributed by atoms with Gasteiger partial charge >= 0.3 is 0 Å². The Morgan fingerprint density at radius 2 is 1.92 bits per heavy atom. The van der Waals surface area contributed by atoms with Gasteiger partial charge in [-0.15, -0.1) is 11.3 Å². The molecule has 5 rings (SSSR count). The summed E-state index contributed by atoms with van der Waals surface area (Å²) in [5, 5.41) is 2.73. The normalized spacial score (nSPS) is 13.6. The lowest BCUT2D eigenvalue weighted by Gasteiger charge is -2.28. The van der Waals surface area contributed by atoms with Gasteiger partial charge in [0, 0.05) is 36.0 Å². The van der Waals surface area contributed by atoms with E-state index in [2.05, 4.69) is 26.8 Å². The minimum absolute atomic E-state index is 0.208. The molecule has 3 N–H and O–H groups in total. The number of carbonyl (C=O) groups excluding carboxylic acids is 1. The summed E-state index contributed by atoms with van der Waals surface area (Å²) in [7, 11) is 0. The van der Waals surface area contributed by atoms with Gasteiger partial charge < -0.3 is 25.4 Å². The van der Waals surface area contributed by atoms with Crippen LogP contribution >= 0.6 is 11.3 Å². The predicted molar refractivity (Wildman–Crippen MR) is 140 cm³/mol. The molecule has 0 saturated carbocycles. The average Bonchev–Trinajstić information content (AvgIpc) is 3.33. The second-order valence-corrected chi connectivity index (χ2v) is 9.25. The van der Waals surface area contributed by atoms with Gasteiger partial charge in [0.15, 0.2) is 11.6 Å². The summed E-state index contributed by atoms with van der Waals surface area (Å²) in [6.07, 6.45) is 4.51. The van der Waals surface area contributed by atoms with Crippen molar-refractivity contribution in [3.8, 4) is 11.4 Å². The summed E-state index contributed by atoms with van der Waals surface area (Å²) in [5.41, 5.74) is 8.92. The van der Waals surface area contributed by atoms with Crippen molar-refractivity contribution in [3.63, 3.8) is 0 Å². The molecule has 0 spiro atoms. The van der Waals surface area contributed by atoms with Crippen molar-refractivity contribution in [2.45, 2.75) is 13.2 Å². The number of ether oxygens (including phenoxy) is 2. The molecule has 1 aliphatic heterocycles. The van der Waals surface area contributed by atoms with E-state index in [1.165, 1.54) is 6.08 Å². The molecule has 10 nitrogen and oxygen atoms in total. The van der Waals surface area contributed by atoms with Gasteiger partial charge in [-0.1, -0.05) is 18.7 Å². The van der Waals surface area contributed by atoms with Crippen LogP contribution in [0.25, 0.3) is 21.6 Å². The molecule has 1 saturated heterocycles. The van der Waals surface area contributed by atoms with E-state index in [1.807, 2.05) is 30.3 Å². The lowest BCUT2D eigenvalue weighted by Crippen LogP contribution is -2.36. The van der Waals surface area contributed by atoms with E-state index in [4.69, 9.17) is 25.2 Å². The first-order valence-corrected chi connectivity index (χ1v) is 12.2. The molecule has 36 heavy (non-hydrogen) atoms. The first-order chi connectivity index (χ1) is 17.6. The second kappa shape index (κ2) is 10.8. The first-order valence-electron chi connectivity index (χ1n) is 11.4. The van der Waals surface area contributed by atoms with E-state index >= 15 is 0 Å². The second-order valence-electron chi connectivity index (χ2n) is 8.11. The molecule has 4 aromatic rings. The fourth-order valence-corrected chi connectivity index (χ4v) is 4.80. The van der Waals surface area contributed by atoms with Crippen molar-refractivity contribution in [2.24, 2.45) is 0 Å². The maximum atomic E-state index is 11.4. The summed E-state index contributed by atoms with van der Waals surface area (Å²) in [4.78, 5) is 32.5. The van der Waals surface area contributed by atoms with Crippen LogP contribution in [0.3, 0.4) is 0 Å². The molecule has 1 fully saturated rings. The van der Waals surface area contributed by atoms with Gasteiger partial charge in [0.25, 0.3) is 0 Å². The van der Waals surface area contributed by atoms with Crippen molar-refractivity contribution >= 4 is 44.9 Å². The number of thiophene rings is 1. The van der Waals surface area contributed by atoms with Crippen LogP contribution in [-0.2, 0) is 27.5 Å². The highest BCUT2D eigenvalue weighted by Crippen LogP contribution is 2.34. The third-order valence-corrected chi connectivity index (χ3v) is 6.66. The fourth-order valence-electron chi connectivity index (χ4n) is 3.75. The molecule has 3 aromatic heterocycles. The Labute approximate surface area is 211 Å². The zero-order chi connectivity index (χ0) is 24.9. The number of nitrogens with zero attached hydrogens (tertiary/aromatic N) is 5. The number of hydrogen-bond donors (Lipinski definition) is 2. The van der Waals surface area contributed by atoms with Crippen molar-refractivity contribution in [1.82, 2.24) is 19.9 Å². The number of fused-ring (bicyclic) bond motifs is 1. The predicted octanol–water partition coefficient (Wildman–Crippen LogP) is 3.41. The number of carbonyl (C=O) groups is 1. The highest BCUT2D eigenvalue weighted by molar-refractivity contribution is 7.19. The summed E-state index contributed by atoms with van der Waals surface area (Å²) < 4.78 is 12.5. The minimum atomic E-state index is -0.240. The quantitative estimate of drug-likeness (QED) is 0.348. The van der Waals surface area contributed by atoms with E-state index < -0.39 is 0 Å². The van der Waals surface area contributed by atoms with Crippen molar-refractivity contribution < 1.29 is 14.3 Å². The number of anilines is 3. The Hall–Kier alpha value is -3.93. The van der Waals surface area contributed by atoms with Crippen LogP contribution in [0, 0.1) is 0 Å². The third-order valence-electron chi connectivity index (χ3n) is 5.57. The van der Waals surface area contributed by atoms with E-state index in [-0.39, 0.29) is 11.9 Å². The highest BCUT2D eigenvalue weighted by Gasteiger charge is 2.20. The Balaban J connectivity index is 1.34. The third kappa shape index (κ3) is 5.48. The summed E-state index contributed by atoms with van der Waals surface area (Å²) in [6, 6.07) is 9.57. The number of nitrogens with two attached hydrogens (primary N) is 1. The van der Waals surface area contributed by atoms with Gasteiger partial charge in [0.1, 0.15) is 0 Å². The van der Waals surface area contributed by atoms with Gasteiger partial charge in [-0.25, -0.2) is 19.9 Å². The molecule has 1 aromatic carbocycles. The minimum Gasteiger partial charge on any atom is -0.378 e. The molecule has 0 unspecified atom stereocenters. The lowest BCUT2D eigenvalue weighted by molar-refractivity contribution is -0.111. The molecule has 0 radical (unpaired) electrons. The zero-order valence-corrected chi connectivity index (χ0v) is 20.3. The number of aromatic nitrogens is 4. The molecule has 4 heterocycles. The molecule has 0 aliphatic carbocycles. The molecule has 184 valence electrons. The number of benzene rings is 1. The van der Waals surface area contributed by atoms with E-state index in [0.717, 1.165) is 39.6 Å². The van der Waals surface area contributed by atoms with Gasteiger partial charge in [-0.2, -0.15) is 0 Å². The van der Waals surface area contributed by atoms with Crippen LogP contribution in [0.15, 0.2) is 55.4 Å². The lowest BCUT2D eigenvalue weighted by atomic mass is 10.2. The van der Waals surface area contributed by atoms with Gasteiger partial charge in [0.05, 0.1) is 42.2 Å². The smallest absolute Gasteiger partial charge is 0.247 e. The van der Waals surface area contributed by atoms with Crippen LogP contribution in [0.4, 0.5) is 17.5 Å². The van der Waals surface area contributed by atoms with E-state index in [9.17, 15) is 4.79 Å². The number of nitrogen functional groups attached to an aromatic ring is 1. The van der Waals surface area contributed by atoms with Gasteiger partial charge in [-0.05, 0) is 29.8 Å². The maximum Gasteiger partial charge on any atom is 0.247 e. The topological polar surface area (TPSA) is 128 Å². The Morgan fingerprint density at radius 3 is 2.64 bits per heavy atom. The summed E-state index contributed by atoms with van der Waals surface area (Å²) in [5.74, 6) is 1.40. The summed E-state index contributed by atoms with van der Waals surface area (Å²) in [6.45, 7) is 7.18. The number of hydrogen-bond acceptors (Lipinski definition) is 10. The van der Waals surface area contributed by atoms with Crippen LogP contribution in [0.2, 0.25) is 0 Å². The Kier molecular flexibility index (Phi) is 7.12. The maximum absolute atomic E-state index is 11.4. The SMILES string of the molecule is C=CC(=O)Nc1ccc(COCc2cc3nc(-c4cnc(N)nc4)nc(N4CCOCC4)c3s2)cc1. The molecular weight excluding hydrogens is 478 g/mol. The van der Waals surface area contributed by atoms with Crippen molar-refractivity contribution in [3.05, 3.63) is 65.8 Å². The monoisotopic (exact) mass is 503 g/mol. The van der Waals surface area contributed by atoms with Gasteiger partial charge in [0.2, 0.25) is 11.9 Å². The summed E-state index contributed by atoms with van der Waals surface area (Å²) >= 11 is 1.63. The van der Waals surface area contributed by atoms with Crippen LogP contribution in [-0.4, -0.2) is 52.1 Å². The molecule has 11 heteroatoms. The van der Waals surface area contributed by atoms with Crippen LogP contribution in [0.5, 0.6) is 0 Å². The van der Waals surface area contributed by atoms with E-state index in [1.54, 1.807) is 23.7 Å². The fraction of sp³-hybridized carbons (Fsp3) is 0.240. The largest absolute Gasteiger partial charge is 0.378 e. The van der Waals surface area contributed by atoms with Crippen LogP contribution in [0.1, 0.15) is 10.4 Å². The number of nitrogens with one attached hydrogen (secondary N) is 1. The molecule has 0 atom stereocenters. The first kappa shape index (κ1) is 23.8. The average molecular weight is 504 g/mol. The standard InChI is InChI=1S/C25H25N7O3S/c1-2-21(33)29-18-5-3-16(4-6-18)14-35-15-19-11-20-22(36-19)24(32-7-9-34-10-8-32)31-23(30-20)17-12-27-25(26)28-13-17/h2-6,11-13H,1,7-10,14-15H2,(H,29,33)(H2,26,27,28). The van der Waals surface area contributed by atoms with Gasteiger partial charge in [-0.3, -0.25) is 4.79 Å². The zero-order valence-electron chi connectivity index (χ0n) is 19.5.